The first-order valence-electron chi connectivity index (χ1n) is 7.51. The molecule has 0 spiro atoms. The number of nitrogens with one attached hydrogen (secondary N) is 2. The van der Waals surface area contributed by atoms with Crippen molar-refractivity contribution in [2.75, 3.05) is 27.9 Å². The maximum absolute atomic E-state index is 12.0. The summed E-state index contributed by atoms with van der Waals surface area (Å²) < 4.78 is 15.9. The van der Waals surface area contributed by atoms with E-state index in [1.807, 2.05) is 12.1 Å². The summed E-state index contributed by atoms with van der Waals surface area (Å²) in [6.45, 7) is 0.421. The van der Waals surface area contributed by atoms with Crippen LogP contribution in [0.15, 0.2) is 17.2 Å². The van der Waals surface area contributed by atoms with E-state index in [4.69, 9.17) is 14.2 Å². The Morgan fingerprint density at radius 2 is 1.83 bits per heavy atom. The number of rotatable bonds is 7. The molecule has 0 aliphatic carbocycles. The lowest BCUT2D eigenvalue weighted by Crippen LogP contribution is -2.37. The normalized spacial score (nSPS) is 13.6. The third-order valence-electron chi connectivity index (χ3n) is 3.59. The van der Waals surface area contributed by atoms with E-state index in [0.717, 1.165) is 5.56 Å². The molecule has 0 saturated heterocycles. The van der Waals surface area contributed by atoms with Gasteiger partial charge >= 0.3 is 0 Å². The molecule has 1 aliphatic heterocycles. The van der Waals surface area contributed by atoms with Crippen molar-refractivity contribution in [3.63, 3.8) is 0 Å². The summed E-state index contributed by atoms with van der Waals surface area (Å²) in [6.07, 6.45) is 1.21. The smallest absolute Gasteiger partial charge is 0.267 e. The monoisotopic (exact) mass is 335 g/mol. The second kappa shape index (κ2) is 8.19. The fourth-order valence-corrected chi connectivity index (χ4v) is 2.34. The van der Waals surface area contributed by atoms with Crippen LogP contribution < -0.4 is 25.0 Å². The van der Waals surface area contributed by atoms with Gasteiger partial charge in [-0.2, -0.15) is 5.10 Å². The van der Waals surface area contributed by atoms with Crippen molar-refractivity contribution in [3.8, 4) is 17.2 Å². The number of carbonyl (C=O) groups is 2. The average molecular weight is 335 g/mol. The molecule has 0 unspecified atom stereocenters. The van der Waals surface area contributed by atoms with Crippen molar-refractivity contribution in [2.45, 2.75) is 19.3 Å². The third-order valence-corrected chi connectivity index (χ3v) is 3.59. The summed E-state index contributed by atoms with van der Waals surface area (Å²) in [5.74, 6) is 1.21. The molecule has 1 heterocycles. The molecule has 8 heteroatoms. The van der Waals surface area contributed by atoms with E-state index in [1.54, 1.807) is 21.3 Å². The maximum atomic E-state index is 12.0. The highest BCUT2D eigenvalue weighted by atomic mass is 16.5. The van der Waals surface area contributed by atoms with Gasteiger partial charge < -0.3 is 19.5 Å². The molecule has 0 aromatic heterocycles. The van der Waals surface area contributed by atoms with E-state index in [9.17, 15) is 9.59 Å². The molecule has 2 rings (SSSR count). The molecule has 1 aromatic carbocycles. The quantitative estimate of drug-likeness (QED) is 0.762. The van der Waals surface area contributed by atoms with Crippen LogP contribution in [-0.2, 0) is 16.0 Å². The summed E-state index contributed by atoms with van der Waals surface area (Å²) in [4.78, 5) is 23.0. The summed E-state index contributed by atoms with van der Waals surface area (Å²) in [5, 5.41) is 6.55. The Kier molecular flexibility index (Phi) is 6.00. The van der Waals surface area contributed by atoms with Gasteiger partial charge in [0, 0.05) is 19.4 Å². The SMILES string of the molecule is COc1cc(CCNC(=O)C2=NNC(=O)CC2)cc(OC)c1OC. The molecule has 8 nitrogen and oxygen atoms in total. The molecule has 130 valence electrons. The Hall–Kier alpha value is -2.77. The highest BCUT2D eigenvalue weighted by Crippen LogP contribution is 2.38. The van der Waals surface area contributed by atoms with Crippen LogP contribution in [0.5, 0.6) is 17.2 Å². The van der Waals surface area contributed by atoms with Crippen LogP contribution in [0, 0.1) is 0 Å². The lowest BCUT2D eigenvalue weighted by molar-refractivity contribution is -0.121. The summed E-state index contributed by atoms with van der Waals surface area (Å²) >= 11 is 0. The van der Waals surface area contributed by atoms with Crippen LogP contribution in [-0.4, -0.2) is 45.4 Å². The Bertz CT molecular complexity index is 632. The van der Waals surface area contributed by atoms with E-state index < -0.39 is 0 Å². The first-order valence-corrected chi connectivity index (χ1v) is 7.51. The van der Waals surface area contributed by atoms with Crippen molar-refractivity contribution < 1.29 is 23.8 Å². The van der Waals surface area contributed by atoms with Gasteiger partial charge in [-0.3, -0.25) is 9.59 Å². The molecular weight excluding hydrogens is 314 g/mol. The molecule has 2 N–H and O–H groups in total. The van der Waals surface area contributed by atoms with Crippen LogP contribution in [0.25, 0.3) is 0 Å². The van der Waals surface area contributed by atoms with Gasteiger partial charge in [-0.1, -0.05) is 0 Å². The molecular formula is C16H21N3O5. The van der Waals surface area contributed by atoms with E-state index in [0.29, 0.717) is 42.3 Å². The fraction of sp³-hybridized carbons (Fsp3) is 0.438. The molecule has 0 radical (unpaired) electrons. The maximum Gasteiger partial charge on any atom is 0.267 e. The number of ether oxygens (including phenoxy) is 3. The topological polar surface area (TPSA) is 98.2 Å². The summed E-state index contributed by atoms with van der Waals surface area (Å²) in [6, 6.07) is 3.68. The molecule has 24 heavy (non-hydrogen) atoms. The largest absolute Gasteiger partial charge is 0.493 e. The van der Waals surface area contributed by atoms with Gasteiger partial charge in [-0.15, -0.1) is 0 Å². The summed E-state index contributed by atoms with van der Waals surface area (Å²) in [7, 11) is 4.65. The fourth-order valence-electron chi connectivity index (χ4n) is 2.34. The molecule has 1 aromatic rings. The zero-order chi connectivity index (χ0) is 17.5. The Labute approximate surface area is 140 Å². The van der Waals surface area contributed by atoms with Crippen molar-refractivity contribution in [1.29, 1.82) is 0 Å². The van der Waals surface area contributed by atoms with Gasteiger partial charge in [0.25, 0.3) is 5.91 Å². The second-order valence-corrected chi connectivity index (χ2v) is 5.13. The lowest BCUT2D eigenvalue weighted by atomic mass is 10.1. The van der Waals surface area contributed by atoms with Gasteiger partial charge in [-0.25, -0.2) is 5.43 Å². The van der Waals surface area contributed by atoms with E-state index in [1.165, 1.54) is 0 Å². The Morgan fingerprint density at radius 1 is 1.17 bits per heavy atom. The first-order chi connectivity index (χ1) is 11.6. The molecule has 0 bridgehead atoms. The van der Waals surface area contributed by atoms with Crippen molar-refractivity contribution >= 4 is 17.5 Å². The Morgan fingerprint density at radius 3 is 2.33 bits per heavy atom. The molecule has 0 saturated carbocycles. The van der Waals surface area contributed by atoms with Gasteiger partial charge in [0.15, 0.2) is 11.5 Å². The predicted molar refractivity (Wildman–Crippen MR) is 87.6 cm³/mol. The van der Waals surface area contributed by atoms with E-state index in [-0.39, 0.29) is 18.2 Å². The molecule has 1 aliphatic rings. The number of hydrogen-bond donors (Lipinski definition) is 2. The van der Waals surface area contributed by atoms with E-state index >= 15 is 0 Å². The standard InChI is InChI=1S/C16H21N3O5/c1-22-12-8-10(9-13(23-2)15(12)24-3)6-7-17-16(21)11-4-5-14(20)19-18-11/h8-9H,4-7H2,1-3H3,(H,17,21)(H,19,20). The van der Waals surface area contributed by atoms with Crippen molar-refractivity contribution in [2.24, 2.45) is 5.10 Å². The molecule has 0 atom stereocenters. The number of nitrogens with zero attached hydrogens (tertiary/aromatic N) is 1. The van der Waals surface area contributed by atoms with E-state index in [2.05, 4.69) is 15.8 Å². The number of hydrogen-bond acceptors (Lipinski definition) is 6. The van der Waals surface area contributed by atoms with Gasteiger partial charge in [0.1, 0.15) is 5.71 Å². The van der Waals surface area contributed by atoms with Gasteiger partial charge in [-0.05, 0) is 24.1 Å². The molecule has 0 fully saturated rings. The second-order valence-electron chi connectivity index (χ2n) is 5.13. The van der Waals surface area contributed by atoms with Gasteiger partial charge in [0.2, 0.25) is 11.7 Å². The number of amides is 2. The molecule has 2 amide bonds. The third kappa shape index (κ3) is 4.15. The highest BCUT2D eigenvalue weighted by Gasteiger charge is 2.18. The number of methoxy groups -OCH3 is 3. The Balaban J connectivity index is 1.97. The summed E-state index contributed by atoms with van der Waals surface area (Å²) in [5.41, 5.74) is 3.57. The zero-order valence-corrected chi connectivity index (χ0v) is 14.0. The van der Waals surface area contributed by atoms with Crippen molar-refractivity contribution in [3.05, 3.63) is 17.7 Å². The minimum Gasteiger partial charge on any atom is -0.493 e. The minimum absolute atomic E-state index is 0.177. The minimum atomic E-state index is -0.276. The predicted octanol–water partition coefficient (Wildman–Crippen LogP) is 0.637. The van der Waals surface area contributed by atoms with Crippen LogP contribution in [0.4, 0.5) is 0 Å². The number of hydrazone groups is 1. The lowest BCUT2D eigenvalue weighted by Gasteiger charge is -2.15. The van der Waals surface area contributed by atoms with Crippen LogP contribution in [0.1, 0.15) is 18.4 Å². The average Bonchev–Trinajstić information content (AvgIpc) is 2.61. The van der Waals surface area contributed by atoms with Crippen LogP contribution in [0.3, 0.4) is 0 Å². The number of carbonyl (C=O) groups excluding carboxylic acids is 2. The zero-order valence-electron chi connectivity index (χ0n) is 14.0. The van der Waals surface area contributed by atoms with Crippen LogP contribution in [0.2, 0.25) is 0 Å². The highest BCUT2D eigenvalue weighted by molar-refractivity contribution is 6.39. The van der Waals surface area contributed by atoms with Crippen molar-refractivity contribution in [1.82, 2.24) is 10.7 Å². The van der Waals surface area contributed by atoms with Crippen LogP contribution >= 0.6 is 0 Å². The van der Waals surface area contributed by atoms with Gasteiger partial charge in [0.05, 0.1) is 21.3 Å². The number of benzene rings is 1. The first kappa shape index (κ1) is 17.6.